The van der Waals surface area contributed by atoms with Crippen LogP contribution in [0.1, 0.15) is 35.2 Å². The molecule has 0 spiro atoms. The quantitative estimate of drug-likeness (QED) is 0.540. The predicted octanol–water partition coefficient (Wildman–Crippen LogP) is 5.43. The lowest BCUT2D eigenvalue weighted by Crippen LogP contribution is -1.98. The molecular formula is C23H25N. The first-order chi connectivity index (χ1) is 11.9. The van der Waals surface area contributed by atoms with E-state index >= 15 is 0 Å². The number of aromatic nitrogens is 1. The van der Waals surface area contributed by atoms with E-state index in [1.54, 1.807) is 0 Å². The molecule has 0 unspecified atom stereocenters. The molecule has 0 atom stereocenters. The molecule has 0 saturated heterocycles. The number of benzene rings is 2. The van der Waals surface area contributed by atoms with Gasteiger partial charge in [-0.3, -0.25) is 4.98 Å². The molecule has 0 aliphatic rings. The van der Waals surface area contributed by atoms with Gasteiger partial charge < -0.3 is 0 Å². The van der Waals surface area contributed by atoms with E-state index in [0.717, 1.165) is 32.1 Å². The summed E-state index contributed by atoms with van der Waals surface area (Å²) in [4.78, 5) is 4.42. The highest BCUT2D eigenvalue weighted by Gasteiger charge is 2.03. The number of nitrogens with zero attached hydrogens (tertiary/aromatic N) is 1. The fourth-order valence-electron chi connectivity index (χ4n) is 3.18. The van der Waals surface area contributed by atoms with Crippen LogP contribution in [0.4, 0.5) is 0 Å². The third kappa shape index (κ3) is 5.06. The summed E-state index contributed by atoms with van der Waals surface area (Å²) in [7, 11) is 0. The number of hydrogen-bond acceptors (Lipinski definition) is 1. The Kier molecular flexibility index (Phi) is 6.18. The third-order valence-corrected chi connectivity index (χ3v) is 4.48. The lowest BCUT2D eigenvalue weighted by molar-refractivity contribution is 0.770. The maximum absolute atomic E-state index is 4.42. The van der Waals surface area contributed by atoms with Gasteiger partial charge in [0.05, 0.1) is 0 Å². The van der Waals surface area contributed by atoms with Crippen molar-refractivity contribution < 1.29 is 0 Å². The lowest BCUT2D eigenvalue weighted by atomic mass is 9.96. The molecule has 122 valence electrons. The molecule has 2 aromatic carbocycles. The van der Waals surface area contributed by atoms with Crippen LogP contribution in [0.25, 0.3) is 0 Å². The molecule has 0 saturated carbocycles. The monoisotopic (exact) mass is 315 g/mol. The fraction of sp³-hybridized carbons (Fsp3) is 0.261. The second kappa shape index (κ2) is 9.02. The minimum atomic E-state index is 1.05. The Labute approximate surface area is 145 Å². The summed E-state index contributed by atoms with van der Waals surface area (Å²) >= 11 is 0. The van der Waals surface area contributed by atoms with Crippen LogP contribution in [-0.4, -0.2) is 4.98 Å². The SMILES string of the molecule is c1ccc(CCCc2ccccc2CCCc2ccccn2)cc1. The van der Waals surface area contributed by atoms with Crippen LogP contribution < -0.4 is 0 Å². The largest absolute Gasteiger partial charge is 0.261 e. The Morgan fingerprint density at radius 3 is 1.83 bits per heavy atom. The molecule has 0 aliphatic heterocycles. The van der Waals surface area contributed by atoms with Gasteiger partial charge in [-0.15, -0.1) is 0 Å². The normalized spacial score (nSPS) is 10.7. The Balaban J connectivity index is 1.51. The van der Waals surface area contributed by atoms with Crippen molar-refractivity contribution in [3.8, 4) is 0 Å². The predicted molar refractivity (Wildman–Crippen MR) is 101 cm³/mol. The van der Waals surface area contributed by atoms with Crippen LogP contribution in [0, 0.1) is 0 Å². The molecule has 1 heterocycles. The van der Waals surface area contributed by atoms with Gasteiger partial charge in [0.2, 0.25) is 0 Å². The minimum absolute atomic E-state index is 1.05. The smallest absolute Gasteiger partial charge is 0.0403 e. The summed E-state index contributed by atoms with van der Waals surface area (Å²) in [6, 6.07) is 25.9. The average Bonchev–Trinajstić information content (AvgIpc) is 2.65. The van der Waals surface area contributed by atoms with E-state index in [1.807, 2.05) is 12.3 Å². The molecule has 24 heavy (non-hydrogen) atoms. The van der Waals surface area contributed by atoms with E-state index in [4.69, 9.17) is 0 Å². The second-order valence-electron chi connectivity index (χ2n) is 6.28. The van der Waals surface area contributed by atoms with Gasteiger partial charge in [0, 0.05) is 11.9 Å². The molecule has 0 fully saturated rings. The zero-order chi connectivity index (χ0) is 16.5. The summed E-state index contributed by atoms with van der Waals surface area (Å²) < 4.78 is 0. The number of rotatable bonds is 8. The highest BCUT2D eigenvalue weighted by atomic mass is 14.7. The lowest BCUT2D eigenvalue weighted by Gasteiger charge is -2.09. The van der Waals surface area contributed by atoms with E-state index in [2.05, 4.69) is 71.7 Å². The Bertz CT molecular complexity index is 655. The first kappa shape index (κ1) is 16.4. The summed E-state index contributed by atoms with van der Waals surface area (Å²) in [5.41, 5.74) is 5.64. The Morgan fingerprint density at radius 2 is 1.17 bits per heavy atom. The minimum Gasteiger partial charge on any atom is -0.261 e. The number of pyridine rings is 1. The van der Waals surface area contributed by atoms with E-state index in [-0.39, 0.29) is 0 Å². The molecule has 0 radical (unpaired) electrons. The Hall–Kier alpha value is -2.41. The molecular weight excluding hydrogens is 290 g/mol. The molecule has 3 aromatic rings. The van der Waals surface area contributed by atoms with Gasteiger partial charge in [-0.05, 0) is 67.3 Å². The van der Waals surface area contributed by atoms with Crippen LogP contribution in [0.3, 0.4) is 0 Å². The van der Waals surface area contributed by atoms with Gasteiger partial charge in [-0.2, -0.15) is 0 Å². The van der Waals surface area contributed by atoms with E-state index in [9.17, 15) is 0 Å². The standard InChI is InChI=1S/C23H25N/c1-2-10-20(11-3-1)12-8-15-21-13-4-5-14-22(21)16-9-18-23-17-6-7-19-24-23/h1-7,10-11,13-14,17,19H,8-9,12,15-16,18H2. The molecule has 0 amide bonds. The highest BCUT2D eigenvalue weighted by Crippen LogP contribution is 2.16. The molecule has 1 nitrogen and oxygen atoms in total. The van der Waals surface area contributed by atoms with Crippen LogP contribution in [0.15, 0.2) is 79.0 Å². The summed E-state index contributed by atoms with van der Waals surface area (Å²) in [6.07, 6.45) is 8.76. The first-order valence-electron chi connectivity index (χ1n) is 8.92. The zero-order valence-electron chi connectivity index (χ0n) is 14.2. The van der Waals surface area contributed by atoms with Crippen molar-refractivity contribution >= 4 is 0 Å². The number of hydrogen-bond donors (Lipinski definition) is 0. The van der Waals surface area contributed by atoms with E-state index in [0.29, 0.717) is 0 Å². The van der Waals surface area contributed by atoms with Crippen LogP contribution in [0.2, 0.25) is 0 Å². The zero-order valence-corrected chi connectivity index (χ0v) is 14.2. The van der Waals surface area contributed by atoms with Gasteiger partial charge in [-0.1, -0.05) is 60.7 Å². The fourth-order valence-corrected chi connectivity index (χ4v) is 3.18. The molecule has 0 bridgehead atoms. The summed E-state index contributed by atoms with van der Waals surface area (Å²) in [6.45, 7) is 0. The average molecular weight is 315 g/mol. The van der Waals surface area contributed by atoms with Crippen molar-refractivity contribution in [2.45, 2.75) is 38.5 Å². The molecule has 0 N–H and O–H groups in total. The molecule has 0 aliphatic carbocycles. The first-order valence-corrected chi connectivity index (χ1v) is 8.92. The van der Waals surface area contributed by atoms with Gasteiger partial charge in [0.1, 0.15) is 0 Å². The van der Waals surface area contributed by atoms with Crippen molar-refractivity contribution in [1.29, 1.82) is 0 Å². The van der Waals surface area contributed by atoms with Gasteiger partial charge >= 0.3 is 0 Å². The van der Waals surface area contributed by atoms with Gasteiger partial charge in [0.25, 0.3) is 0 Å². The van der Waals surface area contributed by atoms with Crippen molar-refractivity contribution in [3.05, 3.63) is 101 Å². The molecule has 1 heteroatoms. The third-order valence-electron chi connectivity index (χ3n) is 4.48. The van der Waals surface area contributed by atoms with Crippen molar-refractivity contribution in [3.63, 3.8) is 0 Å². The maximum Gasteiger partial charge on any atom is 0.0403 e. The van der Waals surface area contributed by atoms with Crippen LogP contribution in [0.5, 0.6) is 0 Å². The molecule has 1 aromatic heterocycles. The van der Waals surface area contributed by atoms with Crippen molar-refractivity contribution in [2.75, 3.05) is 0 Å². The number of aryl methyl sites for hydroxylation is 4. The van der Waals surface area contributed by atoms with Crippen LogP contribution in [-0.2, 0) is 25.7 Å². The topological polar surface area (TPSA) is 12.9 Å². The summed E-state index contributed by atoms with van der Waals surface area (Å²) in [5, 5.41) is 0. The maximum atomic E-state index is 4.42. The van der Waals surface area contributed by atoms with E-state index < -0.39 is 0 Å². The van der Waals surface area contributed by atoms with E-state index in [1.165, 1.54) is 28.8 Å². The van der Waals surface area contributed by atoms with Crippen LogP contribution >= 0.6 is 0 Å². The van der Waals surface area contributed by atoms with Crippen molar-refractivity contribution in [2.24, 2.45) is 0 Å². The van der Waals surface area contributed by atoms with Crippen molar-refractivity contribution in [1.82, 2.24) is 4.98 Å². The van der Waals surface area contributed by atoms with Gasteiger partial charge in [0.15, 0.2) is 0 Å². The second-order valence-corrected chi connectivity index (χ2v) is 6.28. The Morgan fingerprint density at radius 1 is 0.542 bits per heavy atom. The molecule has 3 rings (SSSR count). The summed E-state index contributed by atoms with van der Waals surface area (Å²) in [5.74, 6) is 0. The van der Waals surface area contributed by atoms with Gasteiger partial charge in [-0.25, -0.2) is 0 Å². The highest BCUT2D eigenvalue weighted by molar-refractivity contribution is 5.28.